The third kappa shape index (κ3) is 2.46. The molecule has 0 radical (unpaired) electrons. The Morgan fingerprint density at radius 2 is 2.18 bits per heavy atom. The molecule has 0 saturated carbocycles. The van der Waals surface area contributed by atoms with Gasteiger partial charge >= 0.3 is 0 Å². The molecule has 0 fully saturated rings. The molecule has 0 spiro atoms. The molecule has 1 unspecified atom stereocenters. The van der Waals surface area contributed by atoms with E-state index in [-0.39, 0.29) is 0 Å². The van der Waals surface area contributed by atoms with Gasteiger partial charge in [-0.2, -0.15) is 0 Å². The van der Waals surface area contributed by atoms with Gasteiger partial charge in [0, 0.05) is 24.6 Å². The molecule has 0 aliphatic rings. The molecule has 2 aromatic heterocycles. The maximum atomic E-state index is 4.43. The average Bonchev–Trinajstić information content (AvgIpc) is 2.76. The van der Waals surface area contributed by atoms with Gasteiger partial charge in [-0.05, 0) is 32.4 Å². The highest BCUT2D eigenvalue weighted by Crippen LogP contribution is 2.19. The van der Waals surface area contributed by atoms with Gasteiger partial charge in [-0.15, -0.1) is 0 Å². The van der Waals surface area contributed by atoms with Crippen LogP contribution in [0.5, 0.6) is 0 Å². The van der Waals surface area contributed by atoms with Crippen molar-refractivity contribution in [3.63, 3.8) is 0 Å². The SMILES string of the molecule is CCC(C)Nc1cccnc1-n1ccnc1C. The first kappa shape index (κ1) is 11.6. The Morgan fingerprint density at radius 1 is 1.35 bits per heavy atom. The second kappa shape index (κ2) is 4.99. The second-order valence-corrected chi connectivity index (χ2v) is 4.17. The van der Waals surface area contributed by atoms with Crippen molar-refractivity contribution in [3.05, 3.63) is 36.5 Å². The van der Waals surface area contributed by atoms with Gasteiger partial charge < -0.3 is 5.32 Å². The topological polar surface area (TPSA) is 42.7 Å². The zero-order chi connectivity index (χ0) is 12.3. The quantitative estimate of drug-likeness (QED) is 0.878. The minimum Gasteiger partial charge on any atom is -0.380 e. The van der Waals surface area contributed by atoms with E-state index in [0.29, 0.717) is 6.04 Å². The van der Waals surface area contributed by atoms with Crippen molar-refractivity contribution in [2.45, 2.75) is 33.2 Å². The fourth-order valence-corrected chi connectivity index (χ4v) is 1.67. The Labute approximate surface area is 102 Å². The minimum absolute atomic E-state index is 0.432. The number of hydrogen-bond donors (Lipinski definition) is 1. The molecule has 90 valence electrons. The van der Waals surface area contributed by atoms with Crippen LogP contribution >= 0.6 is 0 Å². The highest BCUT2D eigenvalue weighted by atomic mass is 15.1. The summed E-state index contributed by atoms with van der Waals surface area (Å²) < 4.78 is 1.99. The molecule has 2 rings (SSSR count). The van der Waals surface area contributed by atoms with E-state index in [2.05, 4.69) is 29.1 Å². The van der Waals surface area contributed by atoms with Gasteiger partial charge in [0.15, 0.2) is 5.82 Å². The molecule has 0 aliphatic carbocycles. The molecule has 0 bridgehead atoms. The third-order valence-electron chi connectivity index (χ3n) is 2.85. The van der Waals surface area contributed by atoms with E-state index in [1.807, 2.05) is 29.8 Å². The fraction of sp³-hybridized carbons (Fsp3) is 0.385. The number of hydrogen-bond acceptors (Lipinski definition) is 3. The zero-order valence-corrected chi connectivity index (χ0v) is 10.5. The van der Waals surface area contributed by atoms with Crippen LogP contribution in [0, 0.1) is 6.92 Å². The predicted octanol–water partition coefficient (Wildman–Crippen LogP) is 2.79. The van der Waals surface area contributed by atoms with E-state index >= 15 is 0 Å². The first-order valence-electron chi connectivity index (χ1n) is 5.94. The molecule has 17 heavy (non-hydrogen) atoms. The van der Waals surface area contributed by atoms with Crippen molar-refractivity contribution in [1.82, 2.24) is 14.5 Å². The highest BCUT2D eigenvalue weighted by Gasteiger charge is 2.09. The normalized spacial score (nSPS) is 12.4. The van der Waals surface area contributed by atoms with Crippen molar-refractivity contribution < 1.29 is 0 Å². The second-order valence-electron chi connectivity index (χ2n) is 4.17. The van der Waals surface area contributed by atoms with Crippen molar-refractivity contribution in [2.24, 2.45) is 0 Å². The van der Waals surface area contributed by atoms with Crippen LogP contribution in [-0.2, 0) is 0 Å². The number of anilines is 1. The van der Waals surface area contributed by atoms with Crippen molar-refractivity contribution in [3.8, 4) is 5.82 Å². The summed E-state index contributed by atoms with van der Waals surface area (Å²) >= 11 is 0. The number of pyridine rings is 1. The summed E-state index contributed by atoms with van der Waals surface area (Å²) in [7, 11) is 0. The molecule has 4 nitrogen and oxygen atoms in total. The van der Waals surface area contributed by atoms with Gasteiger partial charge in [0.2, 0.25) is 0 Å². The molecule has 1 atom stereocenters. The minimum atomic E-state index is 0.432. The number of imidazole rings is 1. The lowest BCUT2D eigenvalue weighted by atomic mass is 10.2. The number of aromatic nitrogens is 3. The van der Waals surface area contributed by atoms with Gasteiger partial charge in [-0.25, -0.2) is 9.97 Å². The summed E-state index contributed by atoms with van der Waals surface area (Å²) in [6.07, 6.45) is 6.60. The Bertz CT molecular complexity index is 490. The fourth-order valence-electron chi connectivity index (χ4n) is 1.67. The van der Waals surface area contributed by atoms with Crippen LogP contribution in [0.15, 0.2) is 30.7 Å². The van der Waals surface area contributed by atoms with Crippen LogP contribution < -0.4 is 5.32 Å². The van der Waals surface area contributed by atoms with Crippen molar-refractivity contribution >= 4 is 5.69 Å². The molecule has 0 aliphatic heterocycles. The molecular formula is C13H18N4. The van der Waals surface area contributed by atoms with E-state index in [1.165, 1.54) is 0 Å². The van der Waals surface area contributed by atoms with Crippen LogP contribution in [0.4, 0.5) is 5.69 Å². The molecule has 2 heterocycles. The molecule has 0 amide bonds. The molecular weight excluding hydrogens is 212 g/mol. The molecule has 0 saturated heterocycles. The summed E-state index contributed by atoms with van der Waals surface area (Å²) in [5.74, 6) is 1.85. The Morgan fingerprint density at radius 3 is 2.82 bits per heavy atom. The monoisotopic (exact) mass is 230 g/mol. The number of nitrogens with zero attached hydrogens (tertiary/aromatic N) is 3. The van der Waals surface area contributed by atoms with Gasteiger partial charge in [-0.1, -0.05) is 6.92 Å². The average molecular weight is 230 g/mol. The first-order chi connectivity index (χ1) is 8.22. The largest absolute Gasteiger partial charge is 0.380 e. The van der Waals surface area contributed by atoms with Crippen LogP contribution in [0.25, 0.3) is 5.82 Å². The van der Waals surface area contributed by atoms with Crippen molar-refractivity contribution in [2.75, 3.05) is 5.32 Å². The number of aryl methyl sites for hydroxylation is 1. The van der Waals surface area contributed by atoms with Crippen LogP contribution in [0.3, 0.4) is 0 Å². The zero-order valence-electron chi connectivity index (χ0n) is 10.5. The molecule has 0 aromatic carbocycles. The smallest absolute Gasteiger partial charge is 0.161 e. The summed E-state index contributed by atoms with van der Waals surface area (Å²) in [6, 6.07) is 4.43. The predicted molar refractivity (Wildman–Crippen MR) is 69.5 cm³/mol. The van der Waals surface area contributed by atoms with Gasteiger partial charge in [0.25, 0.3) is 0 Å². The molecule has 1 N–H and O–H groups in total. The third-order valence-corrected chi connectivity index (χ3v) is 2.85. The van der Waals surface area contributed by atoms with Crippen LogP contribution in [-0.4, -0.2) is 20.6 Å². The summed E-state index contributed by atoms with van der Waals surface area (Å²) in [5, 5.41) is 3.46. The van der Waals surface area contributed by atoms with Crippen LogP contribution in [0.1, 0.15) is 26.1 Å². The lowest BCUT2D eigenvalue weighted by Crippen LogP contribution is -2.16. The lowest BCUT2D eigenvalue weighted by molar-refractivity contribution is 0.760. The van der Waals surface area contributed by atoms with E-state index in [4.69, 9.17) is 0 Å². The Hall–Kier alpha value is -1.84. The van der Waals surface area contributed by atoms with Gasteiger partial charge in [0.05, 0.1) is 5.69 Å². The van der Waals surface area contributed by atoms with E-state index < -0.39 is 0 Å². The standard InChI is InChI=1S/C13H18N4/c1-4-10(2)16-12-6-5-7-15-13(12)17-9-8-14-11(17)3/h5-10,16H,4H2,1-3H3. The van der Waals surface area contributed by atoms with Crippen molar-refractivity contribution in [1.29, 1.82) is 0 Å². The van der Waals surface area contributed by atoms with E-state index in [9.17, 15) is 0 Å². The first-order valence-corrected chi connectivity index (χ1v) is 5.94. The van der Waals surface area contributed by atoms with E-state index in [1.54, 1.807) is 12.4 Å². The number of nitrogens with one attached hydrogen (secondary N) is 1. The highest BCUT2D eigenvalue weighted by molar-refractivity contribution is 5.57. The van der Waals surface area contributed by atoms with E-state index in [0.717, 1.165) is 23.8 Å². The van der Waals surface area contributed by atoms with Gasteiger partial charge in [0.1, 0.15) is 5.82 Å². The van der Waals surface area contributed by atoms with Gasteiger partial charge in [-0.3, -0.25) is 4.57 Å². The number of rotatable bonds is 4. The summed E-state index contributed by atoms with van der Waals surface area (Å²) in [6.45, 7) is 6.30. The maximum absolute atomic E-state index is 4.43. The maximum Gasteiger partial charge on any atom is 0.161 e. The lowest BCUT2D eigenvalue weighted by Gasteiger charge is -2.16. The molecule has 4 heteroatoms. The Balaban J connectivity index is 2.38. The Kier molecular flexibility index (Phi) is 3.42. The van der Waals surface area contributed by atoms with Crippen LogP contribution in [0.2, 0.25) is 0 Å². The molecule has 2 aromatic rings. The summed E-state index contributed by atoms with van der Waals surface area (Å²) in [5.41, 5.74) is 1.04. The summed E-state index contributed by atoms with van der Waals surface area (Å²) in [4.78, 5) is 8.66.